The Morgan fingerprint density at radius 1 is 1.00 bits per heavy atom. The van der Waals surface area contributed by atoms with Crippen molar-refractivity contribution in [2.24, 2.45) is 12.8 Å². The molecule has 0 saturated heterocycles. The number of H-pyrrole nitrogens is 1. The highest BCUT2D eigenvalue weighted by atomic mass is 19.1. The summed E-state index contributed by atoms with van der Waals surface area (Å²) in [5.74, 6) is -0.613. The number of aromatic amines is 1. The van der Waals surface area contributed by atoms with Gasteiger partial charge in [0.1, 0.15) is 17.5 Å². The van der Waals surface area contributed by atoms with Crippen LogP contribution in [0.4, 0.5) is 8.78 Å². The molecule has 0 aliphatic heterocycles. The molecule has 6 aromatic rings. The number of hydrogen-bond donors (Lipinski definition) is 3. The van der Waals surface area contributed by atoms with Crippen LogP contribution in [0.5, 0.6) is 0 Å². The molecule has 0 saturated carbocycles. The zero-order valence-electron chi connectivity index (χ0n) is 19.7. The number of rotatable bonds is 5. The standard InChI is InChI=1S/C27H21F2N7O/c1-34-13-21(19-10-17(28)5-7-22(19)34)26-32-33-27(37)36(26)24-14-35(23-8-6-18(29)11-20(23)24)12-15-3-2-4-16(9-15)25(30)31/h2-11,13-14H,12H2,1H3,(H3,30,31)(H,33,37). The molecule has 10 heteroatoms. The molecule has 0 bridgehead atoms. The van der Waals surface area contributed by atoms with Crippen LogP contribution in [-0.4, -0.2) is 29.7 Å². The molecule has 0 radical (unpaired) electrons. The average Bonchev–Trinajstić information content (AvgIpc) is 3.51. The smallest absolute Gasteiger partial charge is 0.348 e. The third kappa shape index (κ3) is 3.70. The van der Waals surface area contributed by atoms with E-state index in [1.807, 2.05) is 34.4 Å². The van der Waals surface area contributed by atoms with Crippen LogP contribution in [-0.2, 0) is 13.6 Å². The first-order valence-electron chi connectivity index (χ1n) is 11.4. The van der Waals surface area contributed by atoms with Gasteiger partial charge < -0.3 is 14.9 Å². The van der Waals surface area contributed by atoms with Gasteiger partial charge in [-0.25, -0.2) is 23.2 Å². The van der Waals surface area contributed by atoms with E-state index in [0.29, 0.717) is 39.6 Å². The molecule has 8 nitrogen and oxygen atoms in total. The topological polar surface area (TPSA) is 110 Å². The molecule has 0 fully saturated rings. The number of aromatic nitrogens is 5. The molecule has 0 aliphatic rings. The molecule has 0 aliphatic carbocycles. The SMILES string of the molecule is Cn1cc(-c2n[nH]c(=O)n2-c2cn(Cc3cccc(C(=N)N)c3)c3ccc(F)cc23)c2cc(F)ccc21. The number of benzene rings is 3. The van der Waals surface area contributed by atoms with Crippen LogP contribution < -0.4 is 11.4 Å². The van der Waals surface area contributed by atoms with Crippen LogP contribution >= 0.6 is 0 Å². The second-order valence-corrected chi connectivity index (χ2v) is 8.92. The molecule has 0 amide bonds. The number of hydrogen-bond acceptors (Lipinski definition) is 3. The van der Waals surface area contributed by atoms with Gasteiger partial charge in [-0.05, 0) is 48.0 Å². The van der Waals surface area contributed by atoms with Gasteiger partial charge in [-0.3, -0.25) is 5.41 Å². The maximum atomic E-state index is 14.4. The number of aryl methyl sites for hydroxylation is 1. The minimum Gasteiger partial charge on any atom is -0.384 e. The Bertz CT molecular complexity index is 1910. The first-order valence-corrected chi connectivity index (χ1v) is 11.4. The van der Waals surface area contributed by atoms with Crippen LogP contribution in [0.3, 0.4) is 0 Å². The lowest BCUT2D eigenvalue weighted by Crippen LogP contribution is -2.15. The maximum Gasteiger partial charge on any atom is 0.348 e. The minimum absolute atomic E-state index is 0.0388. The van der Waals surface area contributed by atoms with Crippen molar-refractivity contribution in [3.63, 3.8) is 0 Å². The van der Waals surface area contributed by atoms with Crippen LogP contribution in [0.25, 0.3) is 38.9 Å². The van der Waals surface area contributed by atoms with Crippen LogP contribution in [0.15, 0.2) is 77.9 Å². The van der Waals surface area contributed by atoms with Gasteiger partial charge in [-0.15, -0.1) is 0 Å². The Hall–Kier alpha value is -4.99. The van der Waals surface area contributed by atoms with E-state index >= 15 is 0 Å². The molecule has 4 N–H and O–H groups in total. The fourth-order valence-electron chi connectivity index (χ4n) is 4.84. The highest BCUT2D eigenvalue weighted by Gasteiger charge is 2.21. The highest BCUT2D eigenvalue weighted by Crippen LogP contribution is 2.33. The number of nitrogens with one attached hydrogen (secondary N) is 2. The van der Waals surface area contributed by atoms with Crippen molar-refractivity contribution in [1.29, 1.82) is 5.41 Å². The molecule has 3 aromatic heterocycles. The second kappa shape index (κ2) is 8.30. The van der Waals surface area contributed by atoms with E-state index in [4.69, 9.17) is 11.1 Å². The van der Waals surface area contributed by atoms with Gasteiger partial charge in [0.15, 0.2) is 5.82 Å². The van der Waals surface area contributed by atoms with E-state index in [-0.39, 0.29) is 11.7 Å². The Morgan fingerprint density at radius 3 is 2.49 bits per heavy atom. The predicted molar refractivity (Wildman–Crippen MR) is 138 cm³/mol. The number of nitrogens with two attached hydrogens (primary N) is 1. The summed E-state index contributed by atoms with van der Waals surface area (Å²) < 4.78 is 33.7. The van der Waals surface area contributed by atoms with Crippen LogP contribution in [0, 0.1) is 17.0 Å². The number of amidine groups is 1. The van der Waals surface area contributed by atoms with Crippen molar-refractivity contribution in [3.05, 3.63) is 106 Å². The quantitative estimate of drug-likeness (QED) is 0.244. The number of halogens is 2. The van der Waals surface area contributed by atoms with E-state index in [1.165, 1.54) is 28.8 Å². The lowest BCUT2D eigenvalue weighted by atomic mass is 10.1. The van der Waals surface area contributed by atoms with Crippen molar-refractivity contribution in [1.82, 2.24) is 23.9 Å². The van der Waals surface area contributed by atoms with Gasteiger partial charge in [-0.1, -0.05) is 18.2 Å². The van der Waals surface area contributed by atoms with Gasteiger partial charge in [0.25, 0.3) is 0 Å². The van der Waals surface area contributed by atoms with E-state index in [0.717, 1.165) is 11.1 Å². The van der Waals surface area contributed by atoms with Crippen LogP contribution in [0.1, 0.15) is 11.1 Å². The normalized spacial score (nSPS) is 11.5. The molecule has 3 aromatic carbocycles. The van der Waals surface area contributed by atoms with Crippen molar-refractivity contribution >= 4 is 27.6 Å². The van der Waals surface area contributed by atoms with E-state index in [1.54, 1.807) is 30.6 Å². The summed E-state index contributed by atoms with van der Waals surface area (Å²) in [6, 6.07) is 16.1. The van der Waals surface area contributed by atoms with Crippen LogP contribution in [0.2, 0.25) is 0 Å². The van der Waals surface area contributed by atoms with Gasteiger partial charge in [-0.2, -0.15) is 5.10 Å². The third-order valence-corrected chi connectivity index (χ3v) is 6.52. The number of nitrogen functional groups attached to an aromatic ring is 1. The molecule has 0 spiro atoms. The molecule has 0 atom stereocenters. The van der Waals surface area contributed by atoms with E-state index in [9.17, 15) is 13.6 Å². The summed E-state index contributed by atoms with van der Waals surface area (Å²) in [4.78, 5) is 13.1. The summed E-state index contributed by atoms with van der Waals surface area (Å²) in [7, 11) is 1.83. The zero-order valence-corrected chi connectivity index (χ0v) is 19.7. The van der Waals surface area contributed by atoms with Gasteiger partial charge >= 0.3 is 5.69 Å². The highest BCUT2D eigenvalue weighted by molar-refractivity contribution is 5.96. The Morgan fingerprint density at radius 2 is 1.73 bits per heavy atom. The van der Waals surface area contributed by atoms with E-state index < -0.39 is 17.3 Å². The predicted octanol–water partition coefficient (Wildman–Crippen LogP) is 4.28. The van der Waals surface area contributed by atoms with Gasteiger partial charge in [0, 0.05) is 53.4 Å². The van der Waals surface area contributed by atoms with Gasteiger partial charge in [0.05, 0.1) is 11.2 Å². The Balaban J connectivity index is 1.56. The Kier molecular flexibility index (Phi) is 5.04. The van der Waals surface area contributed by atoms with Crippen molar-refractivity contribution in [2.75, 3.05) is 0 Å². The Labute approximate surface area is 208 Å². The largest absolute Gasteiger partial charge is 0.384 e. The van der Waals surface area contributed by atoms with E-state index in [2.05, 4.69) is 10.2 Å². The van der Waals surface area contributed by atoms with Crippen molar-refractivity contribution in [2.45, 2.75) is 6.54 Å². The van der Waals surface area contributed by atoms with Gasteiger partial charge in [0.2, 0.25) is 0 Å². The molecule has 184 valence electrons. The number of nitrogens with zero attached hydrogens (tertiary/aromatic N) is 4. The van der Waals surface area contributed by atoms with Crippen molar-refractivity contribution in [3.8, 4) is 17.1 Å². The average molecular weight is 498 g/mol. The van der Waals surface area contributed by atoms with Crippen molar-refractivity contribution < 1.29 is 8.78 Å². The maximum absolute atomic E-state index is 14.4. The molecule has 3 heterocycles. The summed E-state index contributed by atoms with van der Waals surface area (Å²) in [6.07, 6.45) is 3.54. The monoisotopic (exact) mass is 497 g/mol. The number of fused-ring (bicyclic) bond motifs is 2. The first kappa shape index (κ1) is 22.5. The lowest BCUT2D eigenvalue weighted by molar-refractivity contribution is 0.629. The fraction of sp³-hybridized carbons (Fsp3) is 0.0741. The molecule has 6 rings (SSSR count). The summed E-state index contributed by atoms with van der Waals surface area (Å²) in [5, 5.41) is 15.6. The summed E-state index contributed by atoms with van der Waals surface area (Å²) in [6.45, 7) is 0.394. The summed E-state index contributed by atoms with van der Waals surface area (Å²) >= 11 is 0. The molecule has 37 heavy (non-hydrogen) atoms. The minimum atomic E-state index is -0.509. The second-order valence-electron chi connectivity index (χ2n) is 8.92. The fourth-order valence-corrected chi connectivity index (χ4v) is 4.84. The third-order valence-electron chi connectivity index (χ3n) is 6.52. The lowest BCUT2D eigenvalue weighted by Gasteiger charge is -2.07. The molecule has 0 unspecified atom stereocenters. The first-order chi connectivity index (χ1) is 17.8. The summed E-state index contributed by atoms with van der Waals surface area (Å²) in [5.41, 5.74) is 9.08. The zero-order chi connectivity index (χ0) is 25.8. The molecular formula is C27H21F2N7O. The molecular weight excluding hydrogens is 476 g/mol.